The van der Waals surface area contributed by atoms with Crippen LogP contribution in [-0.2, 0) is 0 Å². The van der Waals surface area contributed by atoms with E-state index in [9.17, 15) is 0 Å². The largest absolute Gasteiger partial charge is 0.311 e. The van der Waals surface area contributed by atoms with Crippen LogP contribution in [0.2, 0.25) is 0 Å². The maximum atomic E-state index is 3.70. The van der Waals surface area contributed by atoms with Crippen molar-refractivity contribution in [2.24, 2.45) is 11.3 Å². The minimum absolute atomic E-state index is 0.728. The van der Waals surface area contributed by atoms with Crippen LogP contribution in [-0.4, -0.2) is 37.1 Å². The Balaban J connectivity index is 1.81. The molecule has 2 atom stereocenters. The van der Waals surface area contributed by atoms with Crippen molar-refractivity contribution in [2.45, 2.75) is 58.9 Å². The number of hydrogen-bond donors (Lipinski definition) is 1. The second-order valence-corrected chi connectivity index (χ2v) is 6.43. The van der Waals surface area contributed by atoms with Crippen LogP contribution in [0.5, 0.6) is 0 Å². The van der Waals surface area contributed by atoms with Gasteiger partial charge in [-0.1, -0.05) is 33.6 Å². The van der Waals surface area contributed by atoms with Crippen molar-refractivity contribution >= 4 is 0 Å². The van der Waals surface area contributed by atoms with Gasteiger partial charge in [-0.05, 0) is 30.6 Å². The van der Waals surface area contributed by atoms with Crippen LogP contribution in [0.3, 0.4) is 0 Å². The highest BCUT2D eigenvalue weighted by Crippen LogP contribution is 2.50. The van der Waals surface area contributed by atoms with Crippen molar-refractivity contribution in [3.63, 3.8) is 0 Å². The van der Waals surface area contributed by atoms with E-state index in [-0.39, 0.29) is 0 Å². The lowest BCUT2D eigenvalue weighted by Gasteiger charge is -2.38. The van der Waals surface area contributed by atoms with Crippen molar-refractivity contribution < 1.29 is 0 Å². The van der Waals surface area contributed by atoms with Crippen LogP contribution in [0.1, 0.15) is 52.9 Å². The monoisotopic (exact) mass is 238 g/mol. The molecule has 17 heavy (non-hydrogen) atoms. The maximum Gasteiger partial charge on any atom is 0.0221 e. The summed E-state index contributed by atoms with van der Waals surface area (Å²) in [6.07, 6.45) is 7.08. The number of rotatable bonds is 6. The van der Waals surface area contributed by atoms with Gasteiger partial charge in [0.05, 0.1) is 0 Å². The average Bonchev–Trinajstić information content (AvgIpc) is 3.08. The first kappa shape index (κ1) is 13.4. The molecule has 2 rings (SSSR count). The highest BCUT2D eigenvalue weighted by molar-refractivity contribution is 4.96. The van der Waals surface area contributed by atoms with E-state index >= 15 is 0 Å². The van der Waals surface area contributed by atoms with Gasteiger partial charge in [-0.3, -0.25) is 4.90 Å². The topological polar surface area (TPSA) is 15.3 Å². The van der Waals surface area contributed by atoms with Crippen molar-refractivity contribution in [1.29, 1.82) is 0 Å². The second kappa shape index (κ2) is 5.71. The number of nitrogens with zero attached hydrogens (tertiary/aromatic N) is 1. The van der Waals surface area contributed by atoms with E-state index in [1.54, 1.807) is 0 Å². The predicted octanol–water partition coefficient (Wildman–Crippen LogP) is 2.89. The van der Waals surface area contributed by atoms with Gasteiger partial charge in [0.2, 0.25) is 0 Å². The third-order valence-corrected chi connectivity index (χ3v) is 4.92. The zero-order valence-electron chi connectivity index (χ0n) is 12.0. The van der Waals surface area contributed by atoms with Gasteiger partial charge in [0.1, 0.15) is 0 Å². The molecule has 0 aromatic carbocycles. The lowest BCUT2D eigenvalue weighted by Crippen LogP contribution is -2.54. The van der Waals surface area contributed by atoms with Gasteiger partial charge in [0.15, 0.2) is 0 Å². The van der Waals surface area contributed by atoms with Crippen molar-refractivity contribution in [2.75, 3.05) is 26.2 Å². The van der Waals surface area contributed by atoms with Crippen LogP contribution < -0.4 is 5.32 Å². The number of piperazine rings is 1. The first-order valence-corrected chi connectivity index (χ1v) is 7.65. The van der Waals surface area contributed by atoms with E-state index in [2.05, 4.69) is 31.0 Å². The Morgan fingerprint density at radius 3 is 2.71 bits per heavy atom. The van der Waals surface area contributed by atoms with Gasteiger partial charge in [0, 0.05) is 32.2 Å². The molecule has 1 aliphatic carbocycles. The molecular formula is C15H30N2. The van der Waals surface area contributed by atoms with Gasteiger partial charge in [-0.2, -0.15) is 0 Å². The van der Waals surface area contributed by atoms with E-state index in [0.29, 0.717) is 0 Å². The van der Waals surface area contributed by atoms with Crippen LogP contribution in [0.4, 0.5) is 0 Å². The highest BCUT2D eigenvalue weighted by atomic mass is 15.2. The Labute approximate surface area is 107 Å². The average molecular weight is 238 g/mol. The van der Waals surface area contributed by atoms with Gasteiger partial charge >= 0.3 is 0 Å². The summed E-state index contributed by atoms with van der Waals surface area (Å²) >= 11 is 0. The predicted molar refractivity (Wildman–Crippen MR) is 74.3 cm³/mol. The lowest BCUT2D eigenvalue weighted by atomic mass is 9.95. The molecular weight excluding hydrogens is 208 g/mol. The SMILES string of the molecule is CCCC1(CN2CCNC(C(C)CC)C2)CC1. The summed E-state index contributed by atoms with van der Waals surface area (Å²) in [6.45, 7) is 12.1. The molecule has 0 radical (unpaired) electrons. The molecule has 0 amide bonds. The molecule has 0 spiro atoms. The molecule has 100 valence electrons. The Morgan fingerprint density at radius 2 is 2.12 bits per heavy atom. The standard InChI is InChI=1S/C15H30N2/c1-4-6-15(7-8-15)12-17-10-9-16-14(11-17)13(3)5-2/h13-14,16H,4-12H2,1-3H3. The molecule has 1 N–H and O–H groups in total. The lowest BCUT2D eigenvalue weighted by molar-refractivity contribution is 0.138. The van der Waals surface area contributed by atoms with Crippen molar-refractivity contribution in [1.82, 2.24) is 10.2 Å². The number of nitrogens with one attached hydrogen (secondary N) is 1. The Kier molecular flexibility index (Phi) is 4.48. The summed E-state index contributed by atoms with van der Waals surface area (Å²) in [5, 5.41) is 3.70. The first-order chi connectivity index (χ1) is 8.19. The molecule has 1 saturated carbocycles. The van der Waals surface area contributed by atoms with Crippen LogP contribution >= 0.6 is 0 Å². The maximum absolute atomic E-state index is 3.70. The molecule has 2 nitrogen and oxygen atoms in total. The summed E-state index contributed by atoms with van der Waals surface area (Å²) < 4.78 is 0. The minimum atomic E-state index is 0.728. The van der Waals surface area contributed by atoms with Gasteiger partial charge < -0.3 is 5.32 Å². The smallest absolute Gasteiger partial charge is 0.0221 e. The molecule has 0 bridgehead atoms. The van der Waals surface area contributed by atoms with Crippen molar-refractivity contribution in [3.8, 4) is 0 Å². The zero-order chi connectivity index (χ0) is 12.3. The number of hydrogen-bond acceptors (Lipinski definition) is 2. The molecule has 1 aliphatic heterocycles. The molecule has 0 aromatic heterocycles. The van der Waals surface area contributed by atoms with Gasteiger partial charge in [0.25, 0.3) is 0 Å². The summed E-state index contributed by atoms with van der Waals surface area (Å²) in [5.74, 6) is 0.819. The van der Waals surface area contributed by atoms with Gasteiger partial charge in [-0.25, -0.2) is 0 Å². The molecule has 0 aromatic rings. The van der Waals surface area contributed by atoms with Crippen LogP contribution in [0.25, 0.3) is 0 Å². The fraction of sp³-hybridized carbons (Fsp3) is 1.00. The third-order valence-electron chi connectivity index (χ3n) is 4.92. The van der Waals surface area contributed by atoms with E-state index < -0.39 is 0 Å². The Morgan fingerprint density at radius 1 is 1.35 bits per heavy atom. The summed E-state index contributed by atoms with van der Waals surface area (Å²) in [4.78, 5) is 2.73. The summed E-state index contributed by atoms with van der Waals surface area (Å²) in [6, 6.07) is 0.728. The molecule has 2 aliphatic rings. The Bertz CT molecular complexity index is 235. The van der Waals surface area contributed by atoms with Crippen molar-refractivity contribution in [3.05, 3.63) is 0 Å². The van der Waals surface area contributed by atoms with E-state index in [1.165, 1.54) is 58.3 Å². The summed E-state index contributed by atoms with van der Waals surface area (Å²) in [5.41, 5.74) is 0.728. The fourth-order valence-electron chi connectivity index (χ4n) is 3.32. The Hall–Kier alpha value is -0.0800. The first-order valence-electron chi connectivity index (χ1n) is 7.65. The molecule has 2 fully saturated rings. The van der Waals surface area contributed by atoms with E-state index in [4.69, 9.17) is 0 Å². The molecule has 2 unspecified atom stereocenters. The molecule has 2 heteroatoms. The normalized spacial score (nSPS) is 30.2. The summed E-state index contributed by atoms with van der Waals surface area (Å²) in [7, 11) is 0. The van der Waals surface area contributed by atoms with Crippen LogP contribution in [0, 0.1) is 11.3 Å². The third kappa shape index (κ3) is 3.45. The highest BCUT2D eigenvalue weighted by Gasteiger charge is 2.43. The van der Waals surface area contributed by atoms with E-state index in [0.717, 1.165) is 17.4 Å². The quantitative estimate of drug-likeness (QED) is 0.765. The molecule has 1 heterocycles. The zero-order valence-corrected chi connectivity index (χ0v) is 12.0. The van der Waals surface area contributed by atoms with Gasteiger partial charge in [-0.15, -0.1) is 0 Å². The molecule has 1 saturated heterocycles. The second-order valence-electron chi connectivity index (χ2n) is 6.43. The fourth-order valence-corrected chi connectivity index (χ4v) is 3.32. The van der Waals surface area contributed by atoms with Crippen LogP contribution in [0.15, 0.2) is 0 Å². The van der Waals surface area contributed by atoms with E-state index in [1.807, 2.05) is 0 Å². The minimum Gasteiger partial charge on any atom is -0.311 e.